The first-order chi connectivity index (χ1) is 10.7. The van der Waals surface area contributed by atoms with Gasteiger partial charge >= 0.3 is 6.09 Å². The zero-order chi connectivity index (χ0) is 15.8. The molecule has 0 bridgehead atoms. The number of hydrogen-bond acceptors (Lipinski definition) is 4. The topological polar surface area (TPSA) is 42.0 Å². The van der Waals surface area contributed by atoms with Crippen molar-refractivity contribution in [3.05, 3.63) is 24.3 Å². The molecule has 1 aliphatic rings. The van der Waals surface area contributed by atoms with Crippen LogP contribution in [0.1, 0.15) is 12.8 Å². The van der Waals surface area contributed by atoms with Gasteiger partial charge in [-0.2, -0.15) is 0 Å². The molecular weight excluding hydrogens is 280 g/mol. The molecular formula is C17H22N2O3. The Morgan fingerprint density at radius 2 is 1.82 bits per heavy atom. The van der Waals surface area contributed by atoms with E-state index in [2.05, 4.69) is 16.7 Å². The highest BCUT2D eigenvalue weighted by Gasteiger charge is 2.11. The van der Waals surface area contributed by atoms with Crippen molar-refractivity contribution >= 4 is 6.09 Å². The van der Waals surface area contributed by atoms with Gasteiger partial charge in [0.05, 0.1) is 20.2 Å². The zero-order valence-electron chi connectivity index (χ0n) is 13.2. The molecule has 5 heteroatoms. The van der Waals surface area contributed by atoms with Crippen molar-refractivity contribution < 1.29 is 14.3 Å². The van der Waals surface area contributed by atoms with Crippen LogP contribution in [-0.2, 0) is 0 Å². The molecule has 1 aromatic rings. The van der Waals surface area contributed by atoms with Crippen LogP contribution in [0.5, 0.6) is 11.5 Å². The van der Waals surface area contributed by atoms with Gasteiger partial charge in [-0.3, -0.25) is 9.80 Å². The van der Waals surface area contributed by atoms with E-state index in [9.17, 15) is 4.79 Å². The normalized spacial score (nSPS) is 14.1. The van der Waals surface area contributed by atoms with E-state index in [-0.39, 0.29) is 0 Å². The molecule has 0 aliphatic carbocycles. The second kappa shape index (κ2) is 8.30. The predicted octanol–water partition coefficient (Wildman–Crippen LogP) is 2.23. The molecule has 0 radical (unpaired) electrons. The van der Waals surface area contributed by atoms with Crippen molar-refractivity contribution in [2.75, 3.05) is 40.3 Å². The first-order valence-electron chi connectivity index (χ1n) is 7.44. The number of amides is 1. The summed E-state index contributed by atoms with van der Waals surface area (Å²) in [6, 6.07) is 6.89. The molecule has 5 nitrogen and oxygen atoms in total. The minimum absolute atomic E-state index is 0.364. The maximum Gasteiger partial charge on any atom is 0.415 e. The minimum Gasteiger partial charge on any atom is -0.497 e. The van der Waals surface area contributed by atoms with Gasteiger partial charge in [-0.15, -0.1) is 0 Å². The van der Waals surface area contributed by atoms with Gasteiger partial charge in [-0.1, -0.05) is 11.8 Å². The Balaban J connectivity index is 1.74. The van der Waals surface area contributed by atoms with Crippen LogP contribution in [0.25, 0.3) is 0 Å². The van der Waals surface area contributed by atoms with Crippen molar-refractivity contribution in [3.8, 4) is 23.3 Å². The van der Waals surface area contributed by atoms with E-state index in [1.807, 2.05) is 0 Å². The first-order valence-corrected chi connectivity index (χ1v) is 7.44. The highest BCUT2D eigenvalue weighted by molar-refractivity contribution is 5.70. The minimum atomic E-state index is -0.416. The van der Waals surface area contributed by atoms with Gasteiger partial charge in [-0.05, 0) is 50.2 Å². The summed E-state index contributed by atoms with van der Waals surface area (Å²) < 4.78 is 10.3. The monoisotopic (exact) mass is 302 g/mol. The molecule has 118 valence electrons. The lowest BCUT2D eigenvalue weighted by molar-refractivity contribution is 0.168. The van der Waals surface area contributed by atoms with Gasteiger partial charge < -0.3 is 9.47 Å². The summed E-state index contributed by atoms with van der Waals surface area (Å²) in [6.07, 6.45) is 2.10. The van der Waals surface area contributed by atoms with Crippen LogP contribution in [0.4, 0.5) is 4.79 Å². The fraction of sp³-hybridized carbons (Fsp3) is 0.471. The summed E-state index contributed by atoms with van der Waals surface area (Å²) in [5.41, 5.74) is 0. The van der Waals surface area contributed by atoms with Crippen LogP contribution in [0.2, 0.25) is 0 Å². The van der Waals surface area contributed by atoms with E-state index in [4.69, 9.17) is 9.47 Å². The molecule has 0 saturated carbocycles. The van der Waals surface area contributed by atoms with Crippen LogP contribution < -0.4 is 9.47 Å². The molecule has 0 unspecified atom stereocenters. The van der Waals surface area contributed by atoms with Gasteiger partial charge in [0.25, 0.3) is 0 Å². The summed E-state index contributed by atoms with van der Waals surface area (Å²) in [5.74, 6) is 7.32. The van der Waals surface area contributed by atoms with Crippen molar-refractivity contribution in [1.82, 2.24) is 9.80 Å². The number of methoxy groups -OCH3 is 1. The molecule has 0 aromatic heterocycles. The molecule has 1 aliphatic heterocycles. The van der Waals surface area contributed by atoms with Gasteiger partial charge in [0, 0.05) is 7.05 Å². The summed E-state index contributed by atoms with van der Waals surface area (Å²) in [4.78, 5) is 15.7. The lowest BCUT2D eigenvalue weighted by Crippen LogP contribution is -2.30. The summed E-state index contributed by atoms with van der Waals surface area (Å²) >= 11 is 0. The van der Waals surface area contributed by atoms with Crippen LogP contribution in [-0.4, -0.2) is 56.2 Å². The second-order valence-electron chi connectivity index (χ2n) is 5.24. The molecule has 1 saturated heterocycles. The third kappa shape index (κ3) is 4.97. The molecule has 0 spiro atoms. The largest absolute Gasteiger partial charge is 0.497 e. The third-order valence-corrected chi connectivity index (χ3v) is 3.52. The maximum atomic E-state index is 11.9. The average molecular weight is 302 g/mol. The number of likely N-dealkylation sites (tertiary alicyclic amines) is 1. The summed E-state index contributed by atoms with van der Waals surface area (Å²) in [5, 5.41) is 0. The van der Waals surface area contributed by atoms with Crippen molar-refractivity contribution in [2.45, 2.75) is 12.8 Å². The van der Waals surface area contributed by atoms with Gasteiger partial charge in [0.2, 0.25) is 0 Å². The quantitative estimate of drug-likeness (QED) is 0.800. The number of rotatable bonds is 4. The smallest absolute Gasteiger partial charge is 0.415 e. The molecule has 2 rings (SSSR count). The fourth-order valence-electron chi connectivity index (χ4n) is 2.17. The Labute approximate surface area is 131 Å². The number of ether oxygens (including phenoxy) is 2. The van der Waals surface area contributed by atoms with E-state index in [1.165, 1.54) is 17.7 Å². The molecule has 1 aromatic carbocycles. The number of carbonyl (C=O) groups excluding carboxylic acids is 1. The molecule has 0 atom stereocenters. The Hall–Kier alpha value is -2.19. The number of benzene rings is 1. The zero-order valence-corrected chi connectivity index (χ0v) is 13.2. The Kier molecular flexibility index (Phi) is 6.11. The predicted molar refractivity (Wildman–Crippen MR) is 85.1 cm³/mol. The average Bonchev–Trinajstić information content (AvgIpc) is 3.05. The van der Waals surface area contributed by atoms with Gasteiger partial charge in [0.15, 0.2) is 0 Å². The Bertz CT molecular complexity index is 539. The van der Waals surface area contributed by atoms with E-state index < -0.39 is 6.09 Å². The van der Waals surface area contributed by atoms with E-state index >= 15 is 0 Å². The lowest BCUT2D eigenvalue weighted by atomic mass is 10.3. The molecule has 0 N–H and O–H groups in total. The lowest BCUT2D eigenvalue weighted by Gasteiger charge is -2.14. The third-order valence-electron chi connectivity index (χ3n) is 3.52. The van der Waals surface area contributed by atoms with E-state index in [0.29, 0.717) is 12.3 Å². The van der Waals surface area contributed by atoms with Crippen LogP contribution >= 0.6 is 0 Å². The van der Waals surface area contributed by atoms with Crippen LogP contribution in [0.15, 0.2) is 24.3 Å². The molecule has 1 amide bonds. The van der Waals surface area contributed by atoms with E-state index in [1.54, 1.807) is 38.4 Å². The Morgan fingerprint density at radius 3 is 2.45 bits per heavy atom. The van der Waals surface area contributed by atoms with Gasteiger partial charge in [-0.25, -0.2) is 4.79 Å². The van der Waals surface area contributed by atoms with Crippen molar-refractivity contribution in [2.24, 2.45) is 0 Å². The standard InChI is InChI=1S/C17H22N2O3/c1-18(11-3-4-12-19-13-5-6-14-19)17(20)22-16-9-7-15(21-2)8-10-16/h7-10H,5-6,11-14H2,1-2H3. The fourth-order valence-corrected chi connectivity index (χ4v) is 2.17. The number of hydrogen-bond donors (Lipinski definition) is 0. The second-order valence-corrected chi connectivity index (χ2v) is 5.24. The van der Waals surface area contributed by atoms with Crippen molar-refractivity contribution in [1.29, 1.82) is 0 Å². The Morgan fingerprint density at radius 1 is 1.18 bits per heavy atom. The summed E-state index contributed by atoms with van der Waals surface area (Å²) in [6.45, 7) is 3.40. The van der Waals surface area contributed by atoms with Crippen molar-refractivity contribution in [3.63, 3.8) is 0 Å². The first kappa shape index (κ1) is 16.2. The summed E-state index contributed by atoms with van der Waals surface area (Å²) in [7, 11) is 3.27. The molecule has 1 fully saturated rings. The highest BCUT2D eigenvalue weighted by Crippen LogP contribution is 2.17. The maximum absolute atomic E-state index is 11.9. The van der Waals surface area contributed by atoms with Crippen LogP contribution in [0.3, 0.4) is 0 Å². The van der Waals surface area contributed by atoms with Gasteiger partial charge in [0.1, 0.15) is 11.5 Å². The number of nitrogens with zero attached hydrogens (tertiary/aromatic N) is 2. The van der Waals surface area contributed by atoms with Crippen LogP contribution in [0, 0.1) is 11.8 Å². The molecule has 22 heavy (non-hydrogen) atoms. The number of carbonyl (C=O) groups is 1. The SMILES string of the molecule is COc1ccc(OC(=O)N(C)CC#CCN2CCCC2)cc1. The highest BCUT2D eigenvalue weighted by atomic mass is 16.6. The van der Waals surface area contributed by atoms with E-state index in [0.717, 1.165) is 25.4 Å². The molecule has 1 heterocycles.